The number of benzene rings is 1. The van der Waals surface area contributed by atoms with Crippen LogP contribution in [0.5, 0.6) is 0 Å². The molecule has 0 aliphatic heterocycles. The maximum Gasteiger partial charge on any atom is 0.137 e. The normalized spacial score (nSPS) is 12.7. The third-order valence-electron chi connectivity index (χ3n) is 2.35. The van der Waals surface area contributed by atoms with Crippen molar-refractivity contribution < 1.29 is 4.39 Å². The minimum Gasteiger partial charge on any atom is -0.271 e. The molecule has 0 fully saturated rings. The number of hydrogen-bond acceptors (Lipinski definition) is 3. The summed E-state index contributed by atoms with van der Waals surface area (Å²) in [6, 6.07) is 6.68. The molecule has 90 valence electrons. The third-order valence-corrected chi connectivity index (χ3v) is 4.89. The smallest absolute Gasteiger partial charge is 0.137 e. The fourth-order valence-electron chi connectivity index (χ4n) is 1.53. The van der Waals surface area contributed by atoms with Crippen molar-refractivity contribution in [3.05, 3.63) is 54.8 Å². The van der Waals surface area contributed by atoms with Crippen LogP contribution < -0.4 is 11.3 Å². The highest BCUT2D eigenvalue weighted by Crippen LogP contribution is 2.33. The number of nitrogens with one attached hydrogen (secondary N) is 1. The second kappa shape index (κ2) is 5.58. The van der Waals surface area contributed by atoms with Gasteiger partial charge in [0.05, 0.1) is 10.5 Å². The van der Waals surface area contributed by atoms with Gasteiger partial charge in [0.2, 0.25) is 0 Å². The molecule has 1 heterocycles. The quantitative estimate of drug-likeness (QED) is 0.625. The summed E-state index contributed by atoms with van der Waals surface area (Å²) >= 11 is 8.23. The summed E-state index contributed by atoms with van der Waals surface area (Å²) in [5, 5.41) is 1.97. The van der Waals surface area contributed by atoms with Gasteiger partial charge in [-0.3, -0.25) is 5.84 Å². The van der Waals surface area contributed by atoms with E-state index in [4.69, 9.17) is 5.84 Å². The Balaban J connectivity index is 2.42. The van der Waals surface area contributed by atoms with Gasteiger partial charge in [-0.25, -0.2) is 9.82 Å². The molecule has 1 atom stereocenters. The van der Waals surface area contributed by atoms with Crippen molar-refractivity contribution in [3.63, 3.8) is 0 Å². The van der Waals surface area contributed by atoms with Crippen molar-refractivity contribution in [2.75, 3.05) is 0 Å². The highest BCUT2D eigenvalue weighted by Gasteiger charge is 2.17. The second-order valence-electron chi connectivity index (χ2n) is 3.41. The Hall–Kier alpha value is -0.270. The molecule has 0 saturated carbocycles. The fraction of sp³-hybridized carbons (Fsp3) is 0.0909. The second-order valence-corrected chi connectivity index (χ2v) is 6.06. The van der Waals surface area contributed by atoms with Gasteiger partial charge in [-0.2, -0.15) is 0 Å². The Morgan fingerprint density at radius 3 is 2.53 bits per heavy atom. The molecule has 1 aromatic carbocycles. The summed E-state index contributed by atoms with van der Waals surface area (Å²) in [6.45, 7) is 0. The molecule has 2 nitrogen and oxygen atoms in total. The van der Waals surface area contributed by atoms with E-state index in [9.17, 15) is 4.39 Å². The Kier molecular flexibility index (Phi) is 4.32. The molecule has 1 aromatic heterocycles. The van der Waals surface area contributed by atoms with Gasteiger partial charge in [0, 0.05) is 9.35 Å². The minimum atomic E-state index is -0.283. The van der Waals surface area contributed by atoms with E-state index in [0.29, 0.717) is 4.47 Å². The van der Waals surface area contributed by atoms with Crippen LogP contribution in [0.2, 0.25) is 0 Å². The fourth-order valence-corrected chi connectivity index (χ4v) is 3.61. The van der Waals surface area contributed by atoms with Crippen molar-refractivity contribution >= 4 is 43.2 Å². The summed E-state index contributed by atoms with van der Waals surface area (Å²) < 4.78 is 14.6. The van der Waals surface area contributed by atoms with Gasteiger partial charge < -0.3 is 0 Å². The van der Waals surface area contributed by atoms with Gasteiger partial charge in [-0.15, -0.1) is 11.3 Å². The zero-order valence-electron chi connectivity index (χ0n) is 8.58. The molecule has 17 heavy (non-hydrogen) atoms. The number of hydrogen-bond donors (Lipinski definition) is 2. The Morgan fingerprint density at radius 2 is 2.00 bits per heavy atom. The van der Waals surface area contributed by atoms with Crippen molar-refractivity contribution in [1.82, 2.24) is 5.43 Å². The molecule has 0 spiro atoms. The molecule has 0 aliphatic carbocycles. The van der Waals surface area contributed by atoms with Gasteiger partial charge in [0.15, 0.2) is 0 Å². The zero-order valence-corrected chi connectivity index (χ0v) is 12.6. The first-order valence-electron chi connectivity index (χ1n) is 4.77. The zero-order chi connectivity index (χ0) is 12.4. The number of nitrogens with two attached hydrogens (primary N) is 1. The molecule has 6 heteroatoms. The molecular weight excluding hydrogens is 371 g/mol. The van der Waals surface area contributed by atoms with Crippen LogP contribution in [-0.4, -0.2) is 0 Å². The summed E-state index contributed by atoms with van der Waals surface area (Å²) in [7, 11) is 0. The average molecular weight is 380 g/mol. The van der Waals surface area contributed by atoms with Crippen molar-refractivity contribution in [2.45, 2.75) is 6.04 Å². The van der Waals surface area contributed by atoms with Crippen LogP contribution >= 0.6 is 43.2 Å². The minimum absolute atomic E-state index is 0.152. The number of thiophene rings is 1. The van der Waals surface area contributed by atoms with Crippen molar-refractivity contribution in [2.24, 2.45) is 5.84 Å². The van der Waals surface area contributed by atoms with E-state index in [-0.39, 0.29) is 11.9 Å². The summed E-state index contributed by atoms with van der Waals surface area (Å²) in [4.78, 5) is 1.06. The molecule has 1 unspecified atom stereocenters. The molecule has 2 rings (SSSR count). The Labute approximate surface area is 119 Å². The van der Waals surface area contributed by atoms with Crippen LogP contribution in [0.15, 0.2) is 38.6 Å². The van der Waals surface area contributed by atoms with Gasteiger partial charge in [-0.05, 0) is 61.0 Å². The molecule has 0 saturated heterocycles. The molecule has 0 bridgehead atoms. The monoisotopic (exact) mass is 378 g/mol. The van der Waals surface area contributed by atoms with Crippen LogP contribution in [0.4, 0.5) is 4.39 Å². The SMILES string of the molecule is NNC(c1ccc(F)c(Br)c1)c1sccc1Br. The number of hydrazine groups is 1. The molecule has 3 N–H and O–H groups in total. The molecular formula is C11H9Br2FN2S. The van der Waals surface area contributed by atoms with Crippen LogP contribution in [0.1, 0.15) is 16.5 Å². The third kappa shape index (κ3) is 2.77. The van der Waals surface area contributed by atoms with E-state index in [1.54, 1.807) is 23.5 Å². The summed E-state index contributed by atoms with van der Waals surface area (Å²) in [5.41, 5.74) is 3.65. The van der Waals surface area contributed by atoms with Crippen molar-refractivity contribution in [3.8, 4) is 0 Å². The summed E-state index contributed by atoms with van der Waals surface area (Å²) in [6.07, 6.45) is 0. The van der Waals surface area contributed by atoms with Gasteiger partial charge >= 0.3 is 0 Å². The Morgan fingerprint density at radius 1 is 1.24 bits per heavy atom. The molecule has 0 radical (unpaired) electrons. The lowest BCUT2D eigenvalue weighted by Crippen LogP contribution is -2.28. The summed E-state index contributed by atoms with van der Waals surface area (Å²) in [5.74, 6) is 5.30. The van der Waals surface area contributed by atoms with Crippen LogP contribution in [0, 0.1) is 5.82 Å². The first kappa shape index (κ1) is 13.2. The van der Waals surface area contributed by atoms with Gasteiger partial charge in [0.25, 0.3) is 0 Å². The lowest BCUT2D eigenvalue weighted by molar-refractivity contribution is 0.612. The predicted molar refractivity (Wildman–Crippen MR) is 75.3 cm³/mol. The standard InChI is InChI=1S/C11H9Br2FN2S/c12-7-3-4-17-11(7)10(16-15)6-1-2-9(14)8(13)5-6/h1-5,10,16H,15H2. The lowest BCUT2D eigenvalue weighted by atomic mass is 10.1. The van der Waals surface area contributed by atoms with E-state index < -0.39 is 0 Å². The predicted octanol–water partition coefficient (Wildman–Crippen LogP) is 3.96. The van der Waals surface area contributed by atoms with Crippen LogP contribution in [-0.2, 0) is 0 Å². The molecule has 2 aromatic rings. The lowest BCUT2D eigenvalue weighted by Gasteiger charge is -2.16. The maximum absolute atomic E-state index is 13.2. The van der Waals surface area contributed by atoms with Crippen LogP contribution in [0.3, 0.4) is 0 Å². The largest absolute Gasteiger partial charge is 0.271 e. The topological polar surface area (TPSA) is 38.0 Å². The van der Waals surface area contributed by atoms with E-state index >= 15 is 0 Å². The van der Waals surface area contributed by atoms with Gasteiger partial charge in [0.1, 0.15) is 5.82 Å². The number of halogens is 3. The highest BCUT2D eigenvalue weighted by molar-refractivity contribution is 9.10. The van der Waals surface area contributed by atoms with E-state index in [2.05, 4.69) is 37.3 Å². The Bertz CT molecular complexity index is 530. The molecule has 0 aliphatic rings. The van der Waals surface area contributed by atoms with E-state index in [0.717, 1.165) is 14.9 Å². The van der Waals surface area contributed by atoms with Crippen molar-refractivity contribution in [1.29, 1.82) is 0 Å². The first-order valence-corrected chi connectivity index (χ1v) is 7.24. The maximum atomic E-state index is 13.2. The highest BCUT2D eigenvalue weighted by atomic mass is 79.9. The number of rotatable bonds is 3. The van der Waals surface area contributed by atoms with Crippen LogP contribution in [0.25, 0.3) is 0 Å². The van der Waals surface area contributed by atoms with E-state index in [1.165, 1.54) is 6.07 Å². The first-order chi connectivity index (χ1) is 8.13. The van der Waals surface area contributed by atoms with Gasteiger partial charge in [-0.1, -0.05) is 6.07 Å². The molecule has 0 amide bonds. The average Bonchev–Trinajstić information content (AvgIpc) is 2.71. The van der Waals surface area contributed by atoms with E-state index in [1.807, 2.05) is 11.4 Å².